The van der Waals surface area contributed by atoms with Crippen molar-refractivity contribution < 1.29 is 4.74 Å². The zero-order valence-electron chi connectivity index (χ0n) is 8.52. The van der Waals surface area contributed by atoms with Gasteiger partial charge in [-0.25, -0.2) is 0 Å². The van der Waals surface area contributed by atoms with Crippen molar-refractivity contribution >= 4 is 24.9 Å². The Morgan fingerprint density at radius 3 is 2.31 bits per heavy atom. The highest BCUT2D eigenvalue weighted by Crippen LogP contribution is 2.17. The second kappa shape index (κ2) is 3.72. The largest absolute Gasteiger partial charge is 0.497 e. The van der Waals surface area contributed by atoms with Crippen molar-refractivity contribution in [1.82, 2.24) is 0 Å². The highest BCUT2D eigenvalue weighted by atomic mass is 35.5. The summed E-state index contributed by atoms with van der Waals surface area (Å²) in [6.07, 6.45) is 0. The highest BCUT2D eigenvalue weighted by molar-refractivity contribution is 6.90. The van der Waals surface area contributed by atoms with E-state index < -0.39 is 8.07 Å². The fourth-order valence-electron chi connectivity index (χ4n) is 1.21. The van der Waals surface area contributed by atoms with Gasteiger partial charge in [-0.05, 0) is 23.4 Å². The molecule has 0 N–H and O–H groups in total. The van der Waals surface area contributed by atoms with Crippen LogP contribution in [0.1, 0.15) is 0 Å². The molecule has 1 rings (SSSR count). The van der Waals surface area contributed by atoms with Crippen molar-refractivity contribution in [2.24, 2.45) is 0 Å². The van der Waals surface area contributed by atoms with Crippen LogP contribution in [0.3, 0.4) is 0 Å². The maximum Gasteiger partial charge on any atom is 0.118 e. The molecule has 0 saturated heterocycles. The summed E-state index contributed by atoms with van der Waals surface area (Å²) in [6.45, 7) is 6.81. The molecule has 1 aromatic rings. The second-order valence-corrected chi connectivity index (χ2v) is 9.54. The normalized spacial score (nSPS) is 11.5. The van der Waals surface area contributed by atoms with Gasteiger partial charge in [-0.1, -0.05) is 31.2 Å². The number of ether oxygens (including phenoxy) is 1. The molecule has 0 heterocycles. The van der Waals surface area contributed by atoms with E-state index in [2.05, 4.69) is 25.7 Å². The Balaban J connectivity index is 3.19. The Labute approximate surface area is 85.7 Å². The van der Waals surface area contributed by atoms with Gasteiger partial charge in [0.1, 0.15) is 5.75 Å². The van der Waals surface area contributed by atoms with Gasteiger partial charge >= 0.3 is 0 Å². The van der Waals surface area contributed by atoms with E-state index in [0.717, 1.165) is 10.8 Å². The molecule has 1 aromatic carbocycles. The molecule has 1 nitrogen and oxygen atoms in total. The zero-order chi connectivity index (χ0) is 10.1. The summed E-state index contributed by atoms with van der Waals surface area (Å²) < 4.78 is 5.17. The van der Waals surface area contributed by atoms with E-state index in [-0.39, 0.29) is 0 Å². The Hall–Kier alpha value is -0.473. The molecule has 0 unspecified atom stereocenters. The average Bonchev–Trinajstić information content (AvgIpc) is 2.03. The molecular weight excluding hydrogens is 200 g/mol. The first-order valence-corrected chi connectivity index (χ1v) is 8.17. The SMILES string of the molecule is COc1ccc(Cl)c([Si](C)(C)C)c1. The number of hydrogen-bond donors (Lipinski definition) is 0. The van der Waals surface area contributed by atoms with Crippen molar-refractivity contribution in [2.45, 2.75) is 19.6 Å². The summed E-state index contributed by atoms with van der Waals surface area (Å²) in [4.78, 5) is 0. The molecule has 0 aliphatic rings. The van der Waals surface area contributed by atoms with Gasteiger partial charge < -0.3 is 4.74 Å². The zero-order valence-corrected chi connectivity index (χ0v) is 10.3. The standard InChI is InChI=1S/C10H15ClOSi/c1-12-8-5-6-9(11)10(7-8)13(2,3)4/h5-7H,1-4H3. The minimum atomic E-state index is -1.34. The first kappa shape index (κ1) is 10.6. The quantitative estimate of drug-likeness (QED) is 0.688. The van der Waals surface area contributed by atoms with Crippen LogP contribution in [0.15, 0.2) is 18.2 Å². The minimum Gasteiger partial charge on any atom is -0.497 e. The van der Waals surface area contributed by atoms with Gasteiger partial charge in [-0.2, -0.15) is 0 Å². The van der Waals surface area contributed by atoms with Crippen LogP contribution < -0.4 is 9.92 Å². The molecule has 0 aliphatic carbocycles. The van der Waals surface area contributed by atoms with E-state index in [9.17, 15) is 0 Å². The number of methoxy groups -OCH3 is 1. The molecule has 0 bridgehead atoms. The lowest BCUT2D eigenvalue weighted by Crippen LogP contribution is -2.38. The Bertz CT molecular complexity index is 304. The highest BCUT2D eigenvalue weighted by Gasteiger charge is 2.19. The summed E-state index contributed by atoms with van der Waals surface area (Å²) in [5.74, 6) is 0.891. The molecule has 0 saturated carbocycles. The molecule has 0 radical (unpaired) electrons. The van der Waals surface area contributed by atoms with Gasteiger partial charge in [0.05, 0.1) is 15.2 Å². The minimum absolute atomic E-state index is 0.861. The molecule has 0 fully saturated rings. The predicted molar refractivity (Wildman–Crippen MR) is 61.0 cm³/mol. The van der Waals surface area contributed by atoms with Crippen LogP contribution in [0, 0.1) is 0 Å². The van der Waals surface area contributed by atoms with Crippen molar-refractivity contribution in [2.75, 3.05) is 7.11 Å². The number of hydrogen-bond acceptors (Lipinski definition) is 1. The first-order chi connectivity index (χ1) is 5.95. The van der Waals surface area contributed by atoms with Gasteiger partial charge in [0, 0.05) is 5.02 Å². The van der Waals surface area contributed by atoms with Gasteiger partial charge in [0.25, 0.3) is 0 Å². The van der Waals surface area contributed by atoms with E-state index in [1.807, 2.05) is 12.1 Å². The monoisotopic (exact) mass is 214 g/mol. The molecule has 13 heavy (non-hydrogen) atoms. The van der Waals surface area contributed by atoms with Crippen LogP contribution in [-0.2, 0) is 0 Å². The maximum atomic E-state index is 6.12. The third-order valence-electron chi connectivity index (χ3n) is 1.98. The lowest BCUT2D eigenvalue weighted by atomic mass is 10.3. The Kier molecular flexibility index (Phi) is 3.04. The molecule has 72 valence electrons. The Morgan fingerprint density at radius 1 is 1.23 bits per heavy atom. The summed E-state index contributed by atoms with van der Waals surface area (Å²) in [7, 11) is 0.340. The van der Waals surface area contributed by atoms with Crippen LogP contribution >= 0.6 is 11.6 Å². The fourth-order valence-corrected chi connectivity index (χ4v) is 3.55. The molecule has 3 heteroatoms. The van der Waals surface area contributed by atoms with Crippen molar-refractivity contribution in [3.63, 3.8) is 0 Å². The van der Waals surface area contributed by atoms with Crippen LogP contribution in [0.2, 0.25) is 24.7 Å². The van der Waals surface area contributed by atoms with Crippen LogP contribution in [0.25, 0.3) is 0 Å². The topological polar surface area (TPSA) is 9.23 Å². The van der Waals surface area contributed by atoms with Gasteiger partial charge in [-0.15, -0.1) is 0 Å². The third kappa shape index (κ3) is 2.48. The molecule has 0 atom stereocenters. The molecule has 0 aliphatic heterocycles. The Morgan fingerprint density at radius 2 is 1.85 bits per heavy atom. The van der Waals surface area contributed by atoms with Crippen LogP contribution in [-0.4, -0.2) is 15.2 Å². The van der Waals surface area contributed by atoms with Crippen molar-refractivity contribution in [1.29, 1.82) is 0 Å². The lowest BCUT2D eigenvalue weighted by molar-refractivity contribution is 0.415. The number of halogens is 1. The molecule has 0 aromatic heterocycles. The second-order valence-electron chi connectivity index (χ2n) is 4.10. The molecule has 0 spiro atoms. The van der Waals surface area contributed by atoms with Crippen molar-refractivity contribution in [3.05, 3.63) is 23.2 Å². The van der Waals surface area contributed by atoms with Crippen LogP contribution in [0.4, 0.5) is 0 Å². The predicted octanol–water partition coefficient (Wildman–Crippen LogP) is 2.89. The van der Waals surface area contributed by atoms with E-state index in [4.69, 9.17) is 16.3 Å². The summed E-state index contributed by atoms with van der Waals surface area (Å²) >= 11 is 6.12. The van der Waals surface area contributed by atoms with E-state index in [1.165, 1.54) is 5.19 Å². The summed E-state index contributed by atoms with van der Waals surface area (Å²) in [6, 6.07) is 5.86. The van der Waals surface area contributed by atoms with E-state index in [0.29, 0.717) is 0 Å². The van der Waals surface area contributed by atoms with E-state index in [1.54, 1.807) is 7.11 Å². The maximum absolute atomic E-state index is 6.12. The summed E-state index contributed by atoms with van der Waals surface area (Å²) in [5, 5.41) is 2.12. The number of benzene rings is 1. The molecule has 0 amide bonds. The van der Waals surface area contributed by atoms with Gasteiger partial charge in [0.15, 0.2) is 0 Å². The lowest BCUT2D eigenvalue weighted by Gasteiger charge is -2.18. The first-order valence-electron chi connectivity index (χ1n) is 4.29. The molecular formula is C10H15ClOSi. The van der Waals surface area contributed by atoms with E-state index >= 15 is 0 Å². The van der Waals surface area contributed by atoms with Crippen molar-refractivity contribution in [3.8, 4) is 5.75 Å². The smallest absolute Gasteiger partial charge is 0.118 e. The van der Waals surface area contributed by atoms with Crippen LogP contribution in [0.5, 0.6) is 5.75 Å². The van der Waals surface area contributed by atoms with Gasteiger partial charge in [-0.3, -0.25) is 0 Å². The summed E-state index contributed by atoms with van der Waals surface area (Å²) in [5.41, 5.74) is 0. The average molecular weight is 215 g/mol. The fraction of sp³-hybridized carbons (Fsp3) is 0.400. The third-order valence-corrected chi connectivity index (χ3v) is 4.50. The number of rotatable bonds is 2. The van der Waals surface area contributed by atoms with Gasteiger partial charge in [0.2, 0.25) is 0 Å².